The molecule has 4 N–H and O–H groups in total. The largest absolute Gasteiger partial charge is 0.391 e. The van der Waals surface area contributed by atoms with Crippen LogP contribution in [-0.2, 0) is 16.0 Å². The van der Waals surface area contributed by atoms with E-state index in [1.54, 1.807) is 24.0 Å². The summed E-state index contributed by atoms with van der Waals surface area (Å²) in [6.45, 7) is 9.08. The van der Waals surface area contributed by atoms with E-state index in [9.17, 15) is 23.5 Å². The highest BCUT2D eigenvalue weighted by molar-refractivity contribution is 5.96. The molecular weight excluding hydrogens is 536 g/mol. The number of primary amides is 1. The number of amides is 2. The minimum atomic E-state index is -1.47. The highest BCUT2D eigenvalue weighted by Gasteiger charge is 2.48. The molecule has 6 nitrogen and oxygen atoms in total. The summed E-state index contributed by atoms with van der Waals surface area (Å²) in [7, 11) is 0. The van der Waals surface area contributed by atoms with Gasteiger partial charge in [0, 0.05) is 43.2 Å². The van der Waals surface area contributed by atoms with Crippen LogP contribution in [0.5, 0.6) is 0 Å². The number of nitrogens with zero attached hydrogens (tertiary/aromatic N) is 1. The van der Waals surface area contributed by atoms with Gasteiger partial charge >= 0.3 is 0 Å². The van der Waals surface area contributed by atoms with Crippen molar-refractivity contribution in [3.05, 3.63) is 94.6 Å². The summed E-state index contributed by atoms with van der Waals surface area (Å²) in [5, 5.41) is 15.2. The average molecular weight is 582 g/mol. The molecule has 42 heavy (non-hydrogen) atoms. The van der Waals surface area contributed by atoms with E-state index < -0.39 is 35.0 Å². The van der Waals surface area contributed by atoms with E-state index in [4.69, 9.17) is 5.73 Å². The summed E-state index contributed by atoms with van der Waals surface area (Å²) >= 11 is 0. The number of hydrogen-bond acceptors (Lipinski definition) is 4. The van der Waals surface area contributed by atoms with Gasteiger partial charge in [0.15, 0.2) is 0 Å². The maximum atomic E-state index is 14.2. The molecule has 8 heteroatoms. The Morgan fingerprint density at radius 1 is 1.05 bits per heavy atom. The molecule has 228 valence electrons. The van der Waals surface area contributed by atoms with Crippen LogP contribution in [-0.4, -0.2) is 47.6 Å². The van der Waals surface area contributed by atoms with Crippen molar-refractivity contribution in [3.8, 4) is 0 Å². The van der Waals surface area contributed by atoms with Gasteiger partial charge in [0.1, 0.15) is 11.6 Å². The van der Waals surface area contributed by atoms with E-state index >= 15 is 0 Å². The van der Waals surface area contributed by atoms with Crippen LogP contribution in [0.2, 0.25) is 0 Å². The average Bonchev–Trinajstić information content (AvgIpc) is 2.95. The van der Waals surface area contributed by atoms with Crippen molar-refractivity contribution in [2.75, 3.05) is 19.6 Å². The molecular formula is C34H45F2N3O3. The Morgan fingerprint density at radius 2 is 1.67 bits per heavy atom. The molecule has 0 aliphatic heterocycles. The molecule has 2 aromatic carbocycles. The standard InChI is InChI=1S/C34H45F2N3O3/c1-5-13-39(14-6-2)32(41)26-15-23(4)20-34(21-26,33(37)42)29(18-24-16-27(35)19-28(36)17-24)31(40)22-38-30(7-3)25-11-9-8-10-12-25/h8-12,15-17,19-20,29-31,38,40H,5-7,13-14,18,21-22H2,1-4H3,(H2,37,42)/t29-,30-,31+,34?/m1/s1. The first-order chi connectivity index (χ1) is 20.0. The van der Waals surface area contributed by atoms with E-state index in [1.165, 1.54) is 12.1 Å². The fourth-order valence-corrected chi connectivity index (χ4v) is 6.15. The molecule has 0 saturated heterocycles. The Bertz CT molecular complexity index is 1250. The van der Waals surface area contributed by atoms with Crippen molar-refractivity contribution in [3.63, 3.8) is 0 Å². The Balaban J connectivity index is 2.03. The highest BCUT2D eigenvalue weighted by atomic mass is 19.1. The molecule has 0 aromatic heterocycles. The van der Waals surface area contributed by atoms with Crippen LogP contribution in [0, 0.1) is 23.0 Å². The van der Waals surface area contributed by atoms with Crippen LogP contribution in [0.4, 0.5) is 8.78 Å². The SMILES string of the molecule is CCCN(CCC)C(=O)C1=CC(C)=CC(C(N)=O)([C@H](Cc2cc(F)cc(F)c2)[C@@H](O)CN[C@H](CC)c2ccccc2)C1. The molecule has 1 aliphatic carbocycles. The fourth-order valence-electron chi connectivity index (χ4n) is 6.15. The number of nitrogens with two attached hydrogens (primary N) is 1. The second kappa shape index (κ2) is 15.2. The van der Waals surface area contributed by atoms with Crippen LogP contribution in [0.1, 0.15) is 70.5 Å². The van der Waals surface area contributed by atoms with Gasteiger partial charge in [-0.3, -0.25) is 9.59 Å². The molecule has 0 spiro atoms. The van der Waals surface area contributed by atoms with Gasteiger partial charge in [-0.05, 0) is 62.3 Å². The Kier molecular flexibility index (Phi) is 12.0. The lowest BCUT2D eigenvalue weighted by molar-refractivity contribution is -0.132. The molecule has 0 fully saturated rings. The molecule has 0 bridgehead atoms. The third-order valence-electron chi connectivity index (χ3n) is 8.07. The first-order valence-electron chi connectivity index (χ1n) is 14.9. The lowest BCUT2D eigenvalue weighted by atomic mass is 9.63. The number of hydrogen-bond donors (Lipinski definition) is 3. The van der Waals surface area contributed by atoms with Crippen molar-refractivity contribution in [1.29, 1.82) is 0 Å². The number of rotatable bonds is 15. The summed E-state index contributed by atoms with van der Waals surface area (Å²) in [6, 6.07) is 13.0. The van der Waals surface area contributed by atoms with Gasteiger partial charge < -0.3 is 21.1 Å². The van der Waals surface area contributed by atoms with Gasteiger partial charge in [0.25, 0.3) is 0 Å². The van der Waals surface area contributed by atoms with Gasteiger partial charge in [-0.25, -0.2) is 8.78 Å². The van der Waals surface area contributed by atoms with Crippen molar-refractivity contribution >= 4 is 11.8 Å². The number of allylic oxidation sites excluding steroid dienone is 2. The normalized spacial score (nSPS) is 18.9. The van der Waals surface area contributed by atoms with E-state index in [-0.39, 0.29) is 31.3 Å². The van der Waals surface area contributed by atoms with Gasteiger partial charge in [0.05, 0.1) is 11.5 Å². The summed E-state index contributed by atoms with van der Waals surface area (Å²) in [6.07, 6.45) is 4.63. The zero-order chi connectivity index (χ0) is 30.9. The van der Waals surface area contributed by atoms with Crippen LogP contribution >= 0.6 is 0 Å². The lowest BCUT2D eigenvalue weighted by Crippen LogP contribution is -2.52. The molecule has 0 heterocycles. The van der Waals surface area contributed by atoms with E-state index in [0.717, 1.165) is 30.9 Å². The van der Waals surface area contributed by atoms with Gasteiger partial charge in [-0.1, -0.05) is 68.8 Å². The number of halogens is 2. The second-order valence-corrected chi connectivity index (χ2v) is 11.4. The smallest absolute Gasteiger partial charge is 0.249 e. The molecule has 4 atom stereocenters. The zero-order valence-corrected chi connectivity index (χ0v) is 25.2. The first-order valence-corrected chi connectivity index (χ1v) is 14.9. The fraction of sp³-hybridized carbons (Fsp3) is 0.471. The number of benzene rings is 2. The molecule has 1 aliphatic rings. The quantitative estimate of drug-likeness (QED) is 0.254. The number of aliphatic hydroxyl groups is 1. The second-order valence-electron chi connectivity index (χ2n) is 11.4. The number of carbonyl (C=O) groups excluding carboxylic acids is 2. The molecule has 3 rings (SSSR count). The van der Waals surface area contributed by atoms with Gasteiger partial charge in [-0.2, -0.15) is 0 Å². The van der Waals surface area contributed by atoms with Crippen LogP contribution < -0.4 is 11.1 Å². The molecule has 2 aromatic rings. The predicted molar refractivity (Wildman–Crippen MR) is 162 cm³/mol. The first kappa shape index (κ1) is 33.1. The topological polar surface area (TPSA) is 95.7 Å². The Labute approximate surface area is 248 Å². The van der Waals surface area contributed by atoms with Crippen LogP contribution in [0.15, 0.2) is 71.8 Å². The number of aliphatic hydroxyl groups excluding tert-OH is 1. The van der Waals surface area contributed by atoms with E-state index in [1.807, 2.05) is 51.1 Å². The highest BCUT2D eigenvalue weighted by Crippen LogP contribution is 2.44. The zero-order valence-electron chi connectivity index (χ0n) is 25.2. The monoisotopic (exact) mass is 581 g/mol. The lowest BCUT2D eigenvalue weighted by Gasteiger charge is -2.42. The molecule has 0 saturated carbocycles. The van der Waals surface area contributed by atoms with Crippen molar-refractivity contribution in [2.24, 2.45) is 17.1 Å². The van der Waals surface area contributed by atoms with Crippen LogP contribution in [0.3, 0.4) is 0 Å². The third kappa shape index (κ3) is 8.13. The minimum absolute atomic E-state index is 0.0160. The van der Waals surface area contributed by atoms with E-state index in [2.05, 4.69) is 5.32 Å². The maximum Gasteiger partial charge on any atom is 0.249 e. The molecule has 1 unspecified atom stereocenters. The summed E-state index contributed by atoms with van der Waals surface area (Å²) < 4.78 is 28.5. The Morgan fingerprint density at radius 3 is 2.21 bits per heavy atom. The third-order valence-corrected chi connectivity index (χ3v) is 8.07. The number of carbonyl (C=O) groups is 2. The van der Waals surface area contributed by atoms with Crippen molar-refractivity contribution in [2.45, 2.75) is 71.9 Å². The van der Waals surface area contributed by atoms with Crippen LogP contribution in [0.25, 0.3) is 0 Å². The molecule has 2 amide bonds. The van der Waals surface area contributed by atoms with Gasteiger partial charge in [-0.15, -0.1) is 0 Å². The molecule has 0 radical (unpaired) electrons. The van der Waals surface area contributed by atoms with Crippen molar-refractivity contribution < 1.29 is 23.5 Å². The predicted octanol–water partition coefficient (Wildman–Crippen LogP) is 5.62. The number of nitrogens with one attached hydrogen (secondary N) is 1. The Hall–Kier alpha value is -3.36. The summed E-state index contributed by atoms with van der Waals surface area (Å²) in [5.74, 6) is -3.25. The van der Waals surface area contributed by atoms with E-state index in [0.29, 0.717) is 29.8 Å². The van der Waals surface area contributed by atoms with Crippen molar-refractivity contribution in [1.82, 2.24) is 10.2 Å². The minimum Gasteiger partial charge on any atom is -0.391 e. The van der Waals surface area contributed by atoms with Gasteiger partial charge in [0.2, 0.25) is 11.8 Å². The maximum absolute atomic E-state index is 14.2. The summed E-state index contributed by atoms with van der Waals surface area (Å²) in [4.78, 5) is 28.9. The summed E-state index contributed by atoms with van der Waals surface area (Å²) in [5.41, 5.74) is 7.11.